The van der Waals surface area contributed by atoms with Crippen LogP contribution < -0.4 is 14.2 Å². The lowest BCUT2D eigenvalue weighted by molar-refractivity contribution is 0.194. The summed E-state index contributed by atoms with van der Waals surface area (Å²) in [5.74, 6) is 2.39. The number of ether oxygens (including phenoxy) is 3. The van der Waals surface area contributed by atoms with E-state index in [1.807, 2.05) is 69.3 Å². The Kier molecular flexibility index (Phi) is 12.0. The van der Waals surface area contributed by atoms with Crippen molar-refractivity contribution in [3.05, 3.63) is 54.1 Å². The van der Waals surface area contributed by atoms with Crippen molar-refractivity contribution in [2.24, 2.45) is 0 Å². The Hall–Kier alpha value is -2.20. The van der Waals surface area contributed by atoms with E-state index in [2.05, 4.69) is 0 Å². The molecule has 1 N–H and O–H groups in total. The molecule has 2 rings (SSSR count). The van der Waals surface area contributed by atoms with Gasteiger partial charge < -0.3 is 19.3 Å². The molecule has 0 fully saturated rings. The highest BCUT2D eigenvalue weighted by molar-refractivity contribution is 5.39. The van der Waals surface area contributed by atoms with Crippen molar-refractivity contribution in [2.75, 3.05) is 26.4 Å². The molecule has 0 atom stereocenters. The highest BCUT2D eigenvalue weighted by atomic mass is 16.5. The van der Waals surface area contributed by atoms with Gasteiger partial charge in [-0.25, -0.2) is 0 Å². The maximum Gasteiger partial charge on any atom is 0.161 e. The molecule has 0 radical (unpaired) electrons. The van der Waals surface area contributed by atoms with E-state index in [4.69, 9.17) is 19.3 Å². The topological polar surface area (TPSA) is 47.9 Å². The largest absolute Gasteiger partial charge is 0.494 e. The summed E-state index contributed by atoms with van der Waals surface area (Å²) in [5, 5.41) is 8.58. The molecule has 0 saturated carbocycles. The van der Waals surface area contributed by atoms with Crippen molar-refractivity contribution in [1.29, 1.82) is 0 Å². The standard InChI is InChI=1S/C10H14O3.C9H12O.CH4/c1-2-12-9-5-3-4-6-10(9)13-8-7-11;1-3-10-9-7-5-4-6-8(9)2;/h3-6,11H,2,7-8H2,1H3;4-7H,3H2,1-2H3;1H4. The summed E-state index contributed by atoms with van der Waals surface area (Å²) in [6.07, 6.45) is 0. The van der Waals surface area contributed by atoms with Crippen LogP contribution >= 0.6 is 0 Å². The zero-order chi connectivity index (χ0) is 16.9. The van der Waals surface area contributed by atoms with Crippen LogP contribution in [0.15, 0.2) is 48.5 Å². The SMILES string of the molecule is C.CCOc1ccccc1C.CCOc1ccccc1OCCO. The minimum atomic E-state index is 0. The smallest absolute Gasteiger partial charge is 0.161 e. The van der Waals surface area contributed by atoms with Gasteiger partial charge in [-0.15, -0.1) is 0 Å². The molecule has 2 aromatic carbocycles. The molecular weight excluding hydrogens is 304 g/mol. The molecule has 0 aliphatic heterocycles. The van der Waals surface area contributed by atoms with E-state index in [-0.39, 0.29) is 14.0 Å². The second kappa shape index (κ2) is 13.3. The fraction of sp³-hybridized carbons (Fsp3) is 0.400. The summed E-state index contributed by atoms with van der Waals surface area (Å²) >= 11 is 0. The molecule has 0 aliphatic rings. The van der Waals surface area contributed by atoms with E-state index in [0.29, 0.717) is 19.0 Å². The molecule has 0 unspecified atom stereocenters. The predicted octanol–water partition coefficient (Wildman–Crippen LogP) is 4.49. The maximum absolute atomic E-state index is 8.58. The normalized spacial score (nSPS) is 9.17. The summed E-state index contributed by atoms with van der Waals surface area (Å²) in [4.78, 5) is 0. The predicted molar refractivity (Wildman–Crippen MR) is 99.3 cm³/mol. The highest BCUT2D eigenvalue weighted by Crippen LogP contribution is 2.25. The molecule has 134 valence electrons. The number of aliphatic hydroxyl groups excluding tert-OH is 1. The van der Waals surface area contributed by atoms with Crippen LogP contribution in [-0.2, 0) is 0 Å². The first-order valence-electron chi connectivity index (χ1n) is 7.86. The van der Waals surface area contributed by atoms with Crippen molar-refractivity contribution in [3.63, 3.8) is 0 Å². The Morgan fingerprint density at radius 1 is 0.750 bits per heavy atom. The molecule has 0 amide bonds. The fourth-order valence-corrected chi connectivity index (χ4v) is 1.87. The third-order valence-electron chi connectivity index (χ3n) is 2.89. The van der Waals surface area contributed by atoms with Gasteiger partial charge in [-0.3, -0.25) is 0 Å². The molecule has 24 heavy (non-hydrogen) atoms. The molecule has 0 heterocycles. The van der Waals surface area contributed by atoms with E-state index < -0.39 is 0 Å². The number of hydrogen-bond donors (Lipinski definition) is 1. The van der Waals surface area contributed by atoms with Gasteiger partial charge in [-0.2, -0.15) is 0 Å². The quantitative estimate of drug-likeness (QED) is 0.810. The number of rotatable bonds is 7. The minimum Gasteiger partial charge on any atom is -0.494 e. The molecule has 2 aromatic rings. The molecule has 0 saturated heterocycles. The molecule has 0 spiro atoms. The van der Waals surface area contributed by atoms with Crippen LogP contribution in [0.1, 0.15) is 26.8 Å². The van der Waals surface area contributed by atoms with Gasteiger partial charge in [0.1, 0.15) is 12.4 Å². The third kappa shape index (κ3) is 7.88. The van der Waals surface area contributed by atoms with Crippen LogP contribution in [0.25, 0.3) is 0 Å². The summed E-state index contributed by atoms with van der Waals surface area (Å²) in [7, 11) is 0. The van der Waals surface area contributed by atoms with E-state index in [0.717, 1.165) is 18.1 Å². The summed E-state index contributed by atoms with van der Waals surface area (Å²) in [6, 6.07) is 15.4. The Bertz CT molecular complexity index is 555. The lowest BCUT2D eigenvalue weighted by Crippen LogP contribution is -2.03. The van der Waals surface area contributed by atoms with Gasteiger partial charge in [0, 0.05) is 0 Å². The second-order valence-electron chi connectivity index (χ2n) is 4.65. The van der Waals surface area contributed by atoms with E-state index in [9.17, 15) is 0 Å². The van der Waals surface area contributed by atoms with Gasteiger partial charge in [-0.05, 0) is 44.5 Å². The van der Waals surface area contributed by atoms with Gasteiger partial charge >= 0.3 is 0 Å². The Morgan fingerprint density at radius 3 is 1.71 bits per heavy atom. The number of aryl methyl sites for hydroxylation is 1. The lowest BCUT2D eigenvalue weighted by atomic mass is 10.2. The average molecular weight is 334 g/mol. The lowest BCUT2D eigenvalue weighted by Gasteiger charge is -2.09. The average Bonchev–Trinajstić information content (AvgIpc) is 2.57. The number of para-hydroxylation sites is 3. The van der Waals surface area contributed by atoms with E-state index >= 15 is 0 Å². The zero-order valence-corrected chi connectivity index (χ0v) is 14.1. The van der Waals surface area contributed by atoms with Crippen molar-refractivity contribution in [3.8, 4) is 17.2 Å². The third-order valence-corrected chi connectivity index (χ3v) is 2.89. The number of hydrogen-bond acceptors (Lipinski definition) is 4. The van der Waals surface area contributed by atoms with Crippen molar-refractivity contribution in [2.45, 2.75) is 28.2 Å². The van der Waals surface area contributed by atoms with Gasteiger partial charge in [0.15, 0.2) is 11.5 Å². The molecule has 0 bridgehead atoms. The Balaban J connectivity index is 0.000000436. The molecule has 0 aromatic heterocycles. The van der Waals surface area contributed by atoms with Crippen molar-refractivity contribution < 1.29 is 19.3 Å². The van der Waals surface area contributed by atoms with Crippen molar-refractivity contribution >= 4 is 0 Å². The van der Waals surface area contributed by atoms with Crippen LogP contribution in [0.4, 0.5) is 0 Å². The number of benzene rings is 2. The Labute approximate surface area is 146 Å². The monoisotopic (exact) mass is 334 g/mol. The van der Waals surface area contributed by atoms with E-state index in [1.54, 1.807) is 0 Å². The first-order chi connectivity index (χ1) is 11.2. The van der Waals surface area contributed by atoms with Gasteiger partial charge in [-0.1, -0.05) is 37.8 Å². The summed E-state index contributed by atoms with van der Waals surface area (Å²) in [6.45, 7) is 7.62. The fourth-order valence-electron chi connectivity index (χ4n) is 1.87. The summed E-state index contributed by atoms with van der Waals surface area (Å²) < 4.78 is 15.9. The van der Waals surface area contributed by atoms with Crippen LogP contribution in [0.5, 0.6) is 17.2 Å². The minimum absolute atomic E-state index is 0. The van der Waals surface area contributed by atoms with Crippen LogP contribution in [-0.4, -0.2) is 31.5 Å². The molecular formula is C20H30O4. The van der Waals surface area contributed by atoms with Crippen LogP contribution in [0.2, 0.25) is 0 Å². The first kappa shape index (κ1) is 21.8. The summed E-state index contributed by atoms with van der Waals surface area (Å²) in [5.41, 5.74) is 1.20. The molecule has 4 heteroatoms. The van der Waals surface area contributed by atoms with Crippen molar-refractivity contribution in [1.82, 2.24) is 0 Å². The molecule has 0 aliphatic carbocycles. The Morgan fingerprint density at radius 2 is 1.21 bits per heavy atom. The van der Waals surface area contributed by atoms with Crippen LogP contribution in [0, 0.1) is 6.92 Å². The first-order valence-corrected chi connectivity index (χ1v) is 7.86. The second-order valence-corrected chi connectivity index (χ2v) is 4.65. The number of aliphatic hydroxyl groups is 1. The van der Waals surface area contributed by atoms with E-state index in [1.165, 1.54) is 5.56 Å². The maximum atomic E-state index is 8.58. The van der Waals surface area contributed by atoms with Crippen LogP contribution in [0.3, 0.4) is 0 Å². The van der Waals surface area contributed by atoms with Gasteiger partial charge in [0.25, 0.3) is 0 Å². The van der Waals surface area contributed by atoms with Gasteiger partial charge in [0.05, 0.1) is 19.8 Å². The van der Waals surface area contributed by atoms with Gasteiger partial charge in [0.2, 0.25) is 0 Å². The molecule has 4 nitrogen and oxygen atoms in total. The zero-order valence-electron chi connectivity index (χ0n) is 14.1. The highest BCUT2D eigenvalue weighted by Gasteiger charge is 2.01.